The normalized spacial score (nSPS) is 11.6. The predicted molar refractivity (Wildman–Crippen MR) is 95.9 cm³/mol. The number of nitrogens with zero attached hydrogens (tertiary/aromatic N) is 1. The summed E-state index contributed by atoms with van der Waals surface area (Å²) in [6, 6.07) is 9.65. The molecule has 0 spiro atoms. The van der Waals surface area contributed by atoms with Crippen LogP contribution >= 0.6 is 23.2 Å². The number of carbonyl (C=O) groups excluding carboxylic acids is 1. The van der Waals surface area contributed by atoms with Crippen LogP contribution in [0, 0.1) is 5.82 Å². The van der Waals surface area contributed by atoms with Crippen LogP contribution in [0.1, 0.15) is 6.92 Å². The highest BCUT2D eigenvalue weighted by molar-refractivity contribution is 7.89. The van der Waals surface area contributed by atoms with E-state index in [1.165, 1.54) is 36.4 Å². The molecule has 0 aliphatic rings. The molecule has 0 atom stereocenters. The van der Waals surface area contributed by atoms with Crippen LogP contribution in [0.25, 0.3) is 0 Å². The number of amides is 1. The summed E-state index contributed by atoms with van der Waals surface area (Å²) in [6.07, 6.45) is 0. The summed E-state index contributed by atoms with van der Waals surface area (Å²) in [4.78, 5) is 11.9. The fourth-order valence-corrected chi connectivity index (χ4v) is 4.24. The topological polar surface area (TPSA) is 66.5 Å². The third-order valence-corrected chi connectivity index (χ3v) is 5.97. The van der Waals surface area contributed by atoms with Crippen molar-refractivity contribution in [2.75, 3.05) is 18.4 Å². The van der Waals surface area contributed by atoms with Crippen molar-refractivity contribution in [3.8, 4) is 0 Å². The number of hydrogen-bond acceptors (Lipinski definition) is 3. The van der Waals surface area contributed by atoms with Crippen molar-refractivity contribution in [3.05, 3.63) is 58.3 Å². The van der Waals surface area contributed by atoms with Gasteiger partial charge in [-0.2, -0.15) is 4.31 Å². The van der Waals surface area contributed by atoms with Crippen LogP contribution in [-0.2, 0) is 14.8 Å². The van der Waals surface area contributed by atoms with Crippen molar-refractivity contribution in [3.63, 3.8) is 0 Å². The zero-order valence-electron chi connectivity index (χ0n) is 13.2. The minimum absolute atomic E-state index is 0.00244. The molecular formula is C16H15Cl2FN2O3S. The fourth-order valence-electron chi connectivity index (χ4n) is 2.09. The number of hydrogen-bond donors (Lipinski definition) is 1. The average Bonchev–Trinajstić information content (AvgIpc) is 2.56. The first-order valence-corrected chi connectivity index (χ1v) is 9.45. The number of anilines is 1. The van der Waals surface area contributed by atoms with Gasteiger partial charge >= 0.3 is 0 Å². The second kappa shape index (κ2) is 8.14. The smallest absolute Gasteiger partial charge is 0.245 e. The van der Waals surface area contributed by atoms with Crippen molar-refractivity contribution in [2.24, 2.45) is 0 Å². The molecule has 0 saturated carbocycles. The van der Waals surface area contributed by atoms with Gasteiger partial charge in [-0.25, -0.2) is 12.8 Å². The highest BCUT2D eigenvalue weighted by Gasteiger charge is 2.28. The van der Waals surface area contributed by atoms with Gasteiger partial charge in [-0.15, -0.1) is 0 Å². The fraction of sp³-hybridized carbons (Fsp3) is 0.188. The van der Waals surface area contributed by atoms with Crippen LogP contribution < -0.4 is 5.32 Å². The molecule has 9 heteroatoms. The van der Waals surface area contributed by atoms with Crippen LogP contribution in [0.3, 0.4) is 0 Å². The predicted octanol–water partition coefficient (Wildman–Crippen LogP) is 3.78. The lowest BCUT2D eigenvalue weighted by Gasteiger charge is -2.21. The molecule has 0 unspecified atom stereocenters. The highest BCUT2D eigenvalue weighted by Crippen LogP contribution is 2.27. The molecule has 2 aromatic carbocycles. The van der Waals surface area contributed by atoms with Gasteiger partial charge in [0.2, 0.25) is 15.9 Å². The SMILES string of the molecule is CCN(CC(=O)Nc1ccccc1F)S(=O)(=O)c1cc(Cl)ccc1Cl. The van der Waals surface area contributed by atoms with Gasteiger partial charge in [-0.1, -0.05) is 42.3 Å². The highest BCUT2D eigenvalue weighted by atomic mass is 35.5. The quantitative estimate of drug-likeness (QED) is 0.796. The van der Waals surface area contributed by atoms with E-state index in [1.54, 1.807) is 13.0 Å². The molecule has 0 fully saturated rings. The van der Waals surface area contributed by atoms with Gasteiger partial charge in [0.25, 0.3) is 0 Å². The standard InChI is InChI=1S/C16H15Cl2FN2O3S/c1-2-21(10-16(22)20-14-6-4-3-5-13(14)19)25(23,24)15-9-11(17)7-8-12(15)18/h3-9H,2,10H2,1H3,(H,20,22). The Morgan fingerprint density at radius 2 is 1.88 bits per heavy atom. The number of sulfonamides is 1. The molecule has 2 rings (SSSR count). The van der Waals surface area contributed by atoms with E-state index in [0.29, 0.717) is 0 Å². The van der Waals surface area contributed by atoms with E-state index < -0.39 is 28.3 Å². The molecule has 0 aliphatic carbocycles. The zero-order chi connectivity index (χ0) is 18.6. The van der Waals surface area contributed by atoms with Crippen molar-refractivity contribution < 1.29 is 17.6 Å². The number of para-hydroxylation sites is 1. The maximum Gasteiger partial charge on any atom is 0.245 e. The number of benzene rings is 2. The van der Waals surface area contributed by atoms with Gasteiger partial charge in [0.05, 0.1) is 17.3 Å². The molecule has 0 saturated heterocycles. The van der Waals surface area contributed by atoms with Crippen molar-refractivity contribution in [1.82, 2.24) is 4.31 Å². The average molecular weight is 405 g/mol. The van der Waals surface area contributed by atoms with Crippen LogP contribution in [0.4, 0.5) is 10.1 Å². The summed E-state index contributed by atoms with van der Waals surface area (Å²) in [5, 5.41) is 2.55. The summed E-state index contributed by atoms with van der Waals surface area (Å²) in [5.74, 6) is -1.28. The van der Waals surface area contributed by atoms with Crippen molar-refractivity contribution in [1.29, 1.82) is 0 Å². The van der Waals surface area contributed by atoms with Crippen LogP contribution in [0.5, 0.6) is 0 Å². The number of carbonyl (C=O) groups is 1. The maximum absolute atomic E-state index is 13.6. The van der Waals surface area contributed by atoms with E-state index in [2.05, 4.69) is 5.32 Å². The summed E-state index contributed by atoms with van der Waals surface area (Å²) < 4.78 is 40.0. The molecule has 1 N–H and O–H groups in total. The molecule has 25 heavy (non-hydrogen) atoms. The van der Waals surface area contributed by atoms with Gasteiger partial charge in [-0.05, 0) is 30.3 Å². The molecule has 1 amide bonds. The molecule has 0 aliphatic heterocycles. The van der Waals surface area contributed by atoms with E-state index in [0.717, 1.165) is 4.31 Å². The van der Waals surface area contributed by atoms with Gasteiger partial charge in [0.1, 0.15) is 10.7 Å². The molecule has 0 heterocycles. The van der Waals surface area contributed by atoms with E-state index in [9.17, 15) is 17.6 Å². The summed E-state index contributed by atoms with van der Waals surface area (Å²) in [5.41, 5.74) is -0.0262. The van der Waals surface area contributed by atoms with Crippen LogP contribution in [-0.4, -0.2) is 31.7 Å². The molecule has 0 aromatic heterocycles. The third kappa shape index (κ3) is 4.70. The summed E-state index contributed by atoms with van der Waals surface area (Å²) in [6.45, 7) is 1.11. The first-order valence-electron chi connectivity index (χ1n) is 7.25. The first-order chi connectivity index (χ1) is 11.8. The third-order valence-electron chi connectivity index (χ3n) is 3.33. The monoisotopic (exact) mass is 404 g/mol. The molecule has 5 nitrogen and oxygen atoms in total. The lowest BCUT2D eigenvalue weighted by atomic mass is 10.3. The number of likely N-dealkylation sites (N-methyl/N-ethyl adjacent to an activating group) is 1. The van der Waals surface area contributed by atoms with Crippen LogP contribution in [0.15, 0.2) is 47.4 Å². The molecule has 0 bridgehead atoms. The van der Waals surface area contributed by atoms with Gasteiger partial charge in [0, 0.05) is 11.6 Å². The zero-order valence-corrected chi connectivity index (χ0v) is 15.5. The number of halogens is 3. The Kier molecular flexibility index (Phi) is 6.40. The van der Waals surface area contributed by atoms with Gasteiger partial charge in [-0.3, -0.25) is 4.79 Å². The lowest BCUT2D eigenvalue weighted by molar-refractivity contribution is -0.116. The van der Waals surface area contributed by atoms with Crippen molar-refractivity contribution >= 4 is 44.8 Å². The molecular weight excluding hydrogens is 390 g/mol. The van der Waals surface area contributed by atoms with E-state index in [1.807, 2.05) is 0 Å². The Morgan fingerprint density at radius 1 is 1.20 bits per heavy atom. The maximum atomic E-state index is 13.6. The summed E-state index contributed by atoms with van der Waals surface area (Å²) >= 11 is 11.8. The Morgan fingerprint density at radius 3 is 2.52 bits per heavy atom. The van der Waals surface area contributed by atoms with Crippen LogP contribution in [0.2, 0.25) is 10.0 Å². The second-order valence-electron chi connectivity index (χ2n) is 5.03. The van der Waals surface area contributed by atoms with Gasteiger partial charge < -0.3 is 5.32 Å². The molecule has 134 valence electrons. The second-order valence-corrected chi connectivity index (χ2v) is 7.78. The van der Waals surface area contributed by atoms with Gasteiger partial charge in [0.15, 0.2) is 0 Å². The van der Waals surface area contributed by atoms with Crippen molar-refractivity contribution in [2.45, 2.75) is 11.8 Å². The van der Waals surface area contributed by atoms with E-state index >= 15 is 0 Å². The van der Waals surface area contributed by atoms with E-state index in [4.69, 9.17) is 23.2 Å². The minimum Gasteiger partial charge on any atom is -0.322 e. The largest absolute Gasteiger partial charge is 0.322 e. The van der Waals surface area contributed by atoms with E-state index in [-0.39, 0.29) is 27.2 Å². The Labute approximate surface area is 155 Å². The lowest BCUT2D eigenvalue weighted by Crippen LogP contribution is -2.38. The molecule has 0 radical (unpaired) electrons. The first kappa shape index (κ1) is 19.7. The Hall–Kier alpha value is -1.67. The Bertz CT molecular complexity index is 891. The molecule has 2 aromatic rings. The number of nitrogens with one attached hydrogen (secondary N) is 1. The minimum atomic E-state index is -4.04. The Balaban J connectivity index is 2.22. The number of rotatable bonds is 6. The summed E-state index contributed by atoms with van der Waals surface area (Å²) in [7, 11) is -4.04.